The van der Waals surface area contributed by atoms with Crippen LogP contribution in [0.5, 0.6) is 0 Å². The minimum absolute atomic E-state index is 0.131. The first-order valence-corrected chi connectivity index (χ1v) is 10.3. The number of amides is 1. The molecule has 32 heavy (non-hydrogen) atoms. The molecule has 0 unspecified atom stereocenters. The van der Waals surface area contributed by atoms with E-state index in [1.54, 1.807) is 25.3 Å². The molecular formula is C24H23FN4O3. The van der Waals surface area contributed by atoms with Gasteiger partial charge in [0.25, 0.3) is 0 Å². The first kappa shape index (κ1) is 21.4. The lowest BCUT2D eigenvalue weighted by Crippen LogP contribution is -2.26. The second-order valence-electron chi connectivity index (χ2n) is 7.59. The second-order valence-corrected chi connectivity index (χ2v) is 7.59. The minimum Gasteiger partial charge on any atom is -0.444 e. The van der Waals surface area contributed by atoms with Crippen molar-refractivity contribution in [1.82, 2.24) is 20.4 Å². The fraction of sp³-hybridized carbons (Fsp3) is 0.250. The molecule has 7 nitrogen and oxygen atoms in total. The van der Waals surface area contributed by atoms with Gasteiger partial charge in [0.15, 0.2) is 0 Å². The highest BCUT2D eigenvalue weighted by molar-refractivity contribution is 5.76. The number of hydrogen-bond donors (Lipinski definition) is 1. The number of carbonyl (C=O) groups is 1. The number of rotatable bonds is 8. The highest BCUT2D eigenvalue weighted by atomic mass is 19.1. The highest BCUT2D eigenvalue weighted by Crippen LogP contribution is 2.20. The zero-order valence-electron chi connectivity index (χ0n) is 17.9. The van der Waals surface area contributed by atoms with E-state index in [4.69, 9.17) is 8.94 Å². The number of aromatic nitrogens is 3. The van der Waals surface area contributed by atoms with E-state index in [0.29, 0.717) is 48.1 Å². The Kier molecular flexibility index (Phi) is 6.39. The largest absolute Gasteiger partial charge is 0.444 e. The average Bonchev–Trinajstić information content (AvgIpc) is 3.45. The number of aryl methyl sites for hydroxylation is 3. The lowest BCUT2D eigenvalue weighted by Gasteiger charge is -2.02. The van der Waals surface area contributed by atoms with Crippen LogP contribution < -0.4 is 5.32 Å². The molecule has 1 amide bonds. The van der Waals surface area contributed by atoms with Crippen molar-refractivity contribution in [3.63, 3.8) is 0 Å². The van der Waals surface area contributed by atoms with Gasteiger partial charge in [-0.05, 0) is 37.6 Å². The molecule has 2 aromatic carbocycles. The van der Waals surface area contributed by atoms with Crippen LogP contribution in [-0.2, 0) is 17.6 Å². The number of halogens is 1. The van der Waals surface area contributed by atoms with E-state index in [-0.39, 0.29) is 18.1 Å². The van der Waals surface area contributed by atoms with Crippen LogP contribution in [0.3, 0.4) is 0 Å². The molecule has 0 aliphatic carbocycles. The van der Waals surface area contributed by atoms with E-state index in [2.05, 4.69) is 20.4 Å². The average molecular weight is 434 g/mol. The van der Waals surface area contributed by atoms with Crippen molar-refractivity contribution in [2.24, 2.45) is 0 Å². The Morgan fingerprint density at radius 1 is 1.03 bits per heavy atom. The van der Waals surface area contributed by atoms with Crippen LogP contribution in [0.25, 0.3) is 22.8 Å². The molecule has 164 valence electrons. The number of oxazole rings is 1. The normalized spacial score (nSPS) is 11.0. The van der Waals surface area contributed by atoms with E-state index in [0.717, 1.165) is 11.3 Å². The lowest BCUT2D eigenvalue weighted by atomic mass is 10.1. The lowest BCUT2D eigenvalue weighted by molar-refractivity contribution is -0.121. The minimum atomic E-state index is -0.327. The molecule has 4 aromatic rings. The van der Waals surface area contributed by atoms with Gasteiger partial charge in [0.05, 0.1) is 5.69 Å². The van der Waals surface area contributed by atoms with Crippen molar-refractivity contribution in [2.45, 2.75) is 33.1 Å². The molecule has 0 saturated heterocycles. The van der Waals surface area contributed by atoms with Gasteiger partial charge >= 0.3 is 0 Å². The fourth-order valence-electron chi connectivity index (χ4n) is 3.09. The third kappa shape index (κ3) is 5.26. The maximum atomic E-state index is 13.7. The summed E-state index contributed by atoms with van der Waals surface area (Å²) in [5.41, 5.74) is 3.94. The SMILES string of the molecule is Cc1ccc(-c2nc(CCNC(=O)CCc3nc(-c4ccc(C)c(F)c4)no3)co2)cc1. The van der Waals surface area contributed by atoms with E-state index in [1.807, 2.05) is 31.2 Å². The molecule has 0 saturated carbocycles. The molecule has 4 rings (SSSR count). The molecule has 0 bridgehead atoms. The van der Waals surface area contributed by atoms with Crippen LogP contribution in [0.15, 0.2) is 57.7 Å². The number of nitrogens with one attached hydrogen (secondary N) is 1. The first-order chi connectivity index (χ1) is 15.5. The summed E-state index contributed by atoms with van der Waals surface area (Å²) in [7, 11) is 0. The van der Waals surface area contributed by atoms with Crippen LogP contribution in [0.4, 0.5) is 4.39 Å². The monoisotopic (exact) mass is 434 g/mol. The molecule has 0 aliphatic heterocycles. The van der Waals surface area contributed by atoms with E-state index >= 15 is 0 Å². The van der Waals surface area contributed by atoms with Crippen molar-refractivity contribution in [3.8, 4) is 22.8 Å². The number of carbonyl (C=O) groups excluding carboxylic acids is 1. The third-order valence-corrected chi connectivity index (χ3v) is 5.02. The van der Waals surface area contributed by atoms with Gasteiger partial charge in [-0.25, -0.2) is 9.37 Å². The second kappa shape index (κ2) is 9.55. The molecule has 2 aromatic heterocycles. The van der Waals surface area contributed by atoms with Gasteiger partial charge in [-0.2, -0.15) is 4.98 Å². The van der Waals surface area contributed by atoms with Crippen molar-refractivity contribution in [2.75, 3.05) is 6.54 Å². The smallest absolute Gasteiger partial charge is 0.227 e. The first-order valence-electron chi connectivity index (χ1n) is 10.3. The molecule has 0 aliphatic rings. The highest BCUT2D eigenvalue weighted by Gasteiger charge is 2.12. The van der Waals surface area contributed by atoms with Gasteiger partial charge < -0.3 is 14.3 Å². The van der Waals surface area contributed by atoms with E-state index in [9.17, 15) is 9.18 Å². The summed E-state index contributed by atoms with van der Waals surface area (Å²) < 4.78 is 24.4. The Labute approximate surface area is 184 Å². The third-order valence-electron chi connectivity index (χ3n) is 5.02. The van der Waals surface area contributed by atoms with Crippen molar-refractivity contribution >= 4 is 5.91 Å². The van der Waals surface area contributed by atoms with Crippen LogP contribution >= 0.6 is 0 Å². The molecule has 0 radical (unpaired) electrons. The van der Waals surface area contributed by atoms with E-state index in [1.165, 1.54) is 11.6 Å². The Morgan fingerprint density at radius 3 is 2.59 bits per heavy atom. The van der Waals surface area contributed by atoms with Crippen molar-refractivity contribution in [1.29, 1.82) is 0 Å². The summed E-state index contributed by atoms with van der Waals surface area (Å²) in [6.45, 7) is 4.15. The van der Waals surface area contributed by atoms with Gasteiger partial charge in [-0.1, -0.05) is 35.0 Å². The molecular weight excluding hydrogens is 411 g/mol. The van der Waals surface area contributed by atoms with Gasteiger partial charge in [0, 0.05) is 36.9 Å². The molecule has 0 fully saturated rings. The van der Waals surface area contributed by atoms with Crippen LogP contribution in [0, 0.1) is 19.7 Å². The standard InChI is InChI=1S/C24H23FN4O3/c1-15-3-6-17(7-4-15)24-27-19(14-31-24)11-12-26-21(30)9-10-22-28-23(29-32-22)18-8-5-16(2)20(25)13-18/h3-8,13-14H,9-12H2,1-2H3,(H,26,30). The zero-order valence-corrected chi connectivity index (χ0v) is 17.9. The van der Waals surface area contributed by atoms with Crippen LogP contribution in [0.2, 0.25) is 0 Å². The Bertz CT molecular complexity index is 1210. The predicted octanol–water partition coefficient (Wildman–Crippen LogP) is 4.44. The van der Waals surface area contributed by atoms with Gasteiger partial charge in [0.1, 0.15) is 12.1 Å². The maximum Gasteiger partial charge on any atom is 0.227 e. The molecule has 2 heterocycles. The van der Waals surface area contributed by atoms with Crippen LogP contribution in [-0.4, -0.2) is 27.6 Å². The van der Waals surface area contributed by atoms with Gasteiger partial charge in [-0.15, -0.1) is 0 Å². The molecule has 1 N–H and O–H groups in total. The molecule has 0 spiro atoms. The summed E-state index contributed by atoms with van der Waals surface area (Å²) in [5, 5.41) is 6.72. The summed E-state index contributed by atoms with van der Waals surface area (Å²) >= 11 is 0. The summed E-state index contributed by atoms with van der Waals surface area (Å²) in [6, 6.07) is 12.7. The quantitative estimate of drug-likeness (QED) is 0.441. The Balaban J connectivity index is 1.23. The number of nitrogens with zero attached hydrogens (tertiary/aromatic N) is 3. The summed E-state index contributed by atoms with van der Waals surface area (Å²) in [6.07, 6.45) is 2.67. The number of benzene rings is 2. The van der Waals surface area contributed by atoms with Crippen molar-refractivity contribution in [3.05, 3.63) is 77.3 Å². The topological polar surface area (TPSA) is 94.1 Å². The maximum absolute atomic E-state index is 13.7. The molecule has 0 atom stereocenters. The predicted molar refractivity (Wildman–Crippen MR) is 116 cm³/mol. The van der Waals surface area contributed by atoms with Gasteiger partial charge in [0.2, 0.25) is 23.5 Å². The fourth-order valence-corrected chi connectivity index (χ4v) is 3.09. The van der Waals surface area contributed by atoms with Crippen molar-refractivity contribution < 1.29 is 18.1 Å². The van der Waals surface area contributed by atoms with Gasteiger partial charge in [-0.3, -0.25) is 4.79 Å². The Hall–Kier alpha value is -3.81. The molecule has 8 heteroatoms. The zero-order chi connectivity index (χ0) is 22.5. The number of hydrogen-bond acceptors (Lipinski definition) is 6. The van der Waals surface area contributed by atoms with E-state index < -0.39 is 0 Å². The summed E-state index contributed by atoms with van der Waals surface area (Å²) in [5.74, 6) is 0.733. The van der Waals surface area contributed by atoms with Crippen LogP contribution in [0.1, 0.15) is 29.1 Å². The Morgan fingerprint density at radius 2 is 1.81 bits per heavy atom. The summed E-state index contributed by atoms with van der Waals surface area (Å²) in [4.78, 5) is 20.8.